The number of hydrogen-bond donors (Lipinski definition) is 2. The number of nitrogens with zero attached hydrogens (tertiary/aromatic N) is 1. The van der Waals surface area contributed by atoms with Gasteiger partial charge in [0.05, 0.1) is 23.4 Å². The first-order chi connectivity index (χ1) is 18.3. The number of carbonyl (C=O) groups excluding carboxylic acids is 1. The molecule has 38 heavy (non-hydrogen) atoms. The normalized spacial score (nSPS) is 15.1. The topological polar surface area (TPSA) is 105 Å². The first-order valence-corrected chi connectivity index (χ1v) is 14.3. The van der Waals surface area contributed by atoms with E-state index in [-0.39, 0.29) is 18.3 Å². The van der Waals surface area contributed by atoms with Crippen LogP contribution in [0.25, 0.3) is 22.0 Å². The number of fused-ring (bicyclic) bond motifs is 1. The Kier molecular flexibility index (Phi) is 7.49. The van der Waals surface area contributed by atoms with Gasteiger partial charge in [-0.1, -0.05) is 36.4 Å². The molecule has 5 rings (SSSR count). The monoisotopic (exact) mass is 535 g/mol. The number of halogens is 1. The molecule has 0 bridgehead atoms. The van der Waals surface area contributed by atoms with Gasteiger partial charge in [0.15, 0.2) is 0 Å². The average molecular weight is 536 g/mol. The number of nitrogens with one attached hydrogen (secondary N) is 1. The van der Waals surface area contributed by atoms with Gasteiger partial charge in [-0.2, -0.15) is 0 Å². The maximum Gasteiger partial charge on any atom is 0.250 e. The van der Waals surface area contributed by atoms with Gasteiger partial charge in [-0.15, -0.1) is 0 Å². The molecule has 0 unspecified atom stereocenters. The molecule has 3 N–H and O–H groups in total. The van der Waals surface area contributed by atoms with Crippen LogP contribution in [0, 0.1) is 5.82 Å². The molecule has 1 aliphatic rings. The number of carbonyl (C=O) groups is 1. The van der Waals surface area contributed by atoms with Crippen molar-refractivity contribution < 1.29 is 22.3 Å². The zero-order chi connectivity index (χ0) is 26.7. The van der Waals surface area contributed by atoms with E-state index in [1.165, 1.54) is 12.1 Å². The summed E-state index contributed by atoms with van der Waals surface area (Å²) < 4.78 is 46.2. The second kappa shape index (κ2) is 11.0. The Bertz CT molecular complexity index is 1540. The van der Waals surface area contributed by atoms with Crippen LogP contribution in [0.5, 0.6) is 5.75 Å². The number of sulfonamides is 1. The van der Waals surface area contributed by atoms with Gasteiger partial charge < -0.3 is 15.5 Å². The van der Waals surface area contributed by atoms with Crippen molar-refractivity contribution in [3.05, 3.63) is 89.9 Å². The van der Waals surface area contributed by atoms with E-state index >= 15 is 0 Å². The molecule has 0 spiro atoms. The molecule has 3 aromatic carbocycles. The van der Waals surface area contributed by atoms with E-state index < -0.39 is 21.7 Å². The molecule has 0 radical (unpaired) electrons. The van der Waals surface area contributed by atoms with Crippen LogP contribution in [0.3, 0.4) is 0 Å². The fourth-order valence-corrected chi connectivity index (χ4v) is 6.65. The highest BCUT2D eigenvalue weighted by molar-refractivity contribution is 7.89. The number of hydrogen-bond acceptors (Lipinski definition) is 4. The Morgan fingerprint density at radius 2 is 1.79 bits per heavy atom. The van der Waals surface area contributed by atoms with E-state index in [9.17, 15) is 17.6 Å². The molecule has 1 saturated heterocycles. The van der Waals surface area contributed by atoms with Crippen molar-refractivity contribution in [2.24, 2.45) is 5.73 Å². The number of amides is 1. The minimum Gasteiger partial charge on any atom is -0.493 e. The van der Waals surface area contributed by atoms with Crippen molar-refractivity contribution in [2.45, 2.75) is 25.2 Å². The zero-order valence-electron chi connectivity index (χ0n) is 20.9. The van der Waals surface area contributed by atoms with Crippen molar-refractivity contribution in [3.8, 4) is 16.9 Å². The van der Waals surface area contributed by atoms with Gasteiger partial charge in [0.25, 0.3) is 5.91 Å². The smallest absolute Gasteiger partial charge is 0.250 e. The average Bonchev–Trinajstić information content (AvgIpc) is 3.35. The Balaban J connectivity index is 1.26. The summed E-state index contributed by atoms with van der Waals surface area (Å²) in [7, 11) is -3.43. The van der Waals surface area contributed by atoms with Crippen molar-refractivity contribution in [2.75, 3.05) is 25.4 Å². The molecule has 2 heterocycles. The first kappa shape index (κ1) is 25.9. The van der Waals surface area contributed by atoms with E-state index in [0.717, 1.165) is 22.1 Å². The predicted molar refractivity (Wildman–Crippen MR) is 146 cm³/mol. The molecule has 1 aliphatic heterocycles. The minimum absolute atomic E-state index is 0.0253. The third-order valence-electron chi connectivity index (χ3n) is 7.09. The molecule has 7 nitrogen and oxygen atoms in total. The van der Waals surface area contributed by atoms with E-state index in [2.05, 4.69) is 11.1 Å². The highest BCUT2D eigenvalue weighted by atomic mass is 32.2. The van der Waals surface area contributed by atoms with Crippen LogP contribution in [0.15, 0.2) is 72.9 Å². The van der Waals surface area contributed by atoms with Crippen molar-refractivity contribution in [1.29, 1.82) is 0 Å². The van der Waals surface area contributed by atoms with Gasteiger partial charge in [-0.25, -0.2) is 17.1 Å². The van der Waals surface area contributed by atoms with Crippen molar-refractivity contribution in [3.63, 3.8) is 0 Å². The molecule has 4 aromatic rings. The number of piperidine rings is 1. The third-order valence-corrected chi connectivity index (χ3v) is 9.05. The standard InChI is InChI=1S/C29H30FN3O4S/c30-23-8-4-9-24(18-23)37-14-5-15-38(35,36)33-12-10-21(11-13-33)27-19-32-28-25(27)16-22(17-26(28)29(31)34)20-6-2-1-3-7-20/h1-4,6-9,16-19,21,32H,5,10-15H2,(H2,31,34). The summed E-state index contributed by atoms with van der Waals surface area (Å²) in [6.07, 6.45) is 3.59. The Morgan fingerprint density at radius 3 is 2.50 bits per heavy atom. The molecular formula is C29H30FN3O4S. The lowest BCUT2D eigenvalue weighted by Gasteiger charge is -2.31. The number of ether oxygens (including phenoxy) is 1. The van der Waals surface area contributed by atoms with Gasteiger partial charge in [0.1, 0.15) is 11.6 Å². The second-order valence-corrected chi connectivity index (χ2v) is 11.7. The number of H-pyrrole nitrogens is 1. The van der Waals surface area contributed by atoms with Crippen LogP contribution in [-0.4, -0.2) is 49.1 Å². The fourth-order valence-electron chi connectivity index (χ4n) is 5.14. The number of rotatable bonds is 9. The summed E-state index contributed by atoms with van der Waals surface area (Å²) in [5.74, 6) is -0.378. The maximum absolute atomic E-state index is 13.3. The predicted octanol–water partition coefficient (Wildman–Crippen LogP) is 5.05. The van der Waals surface area contributed by atoms with Crippen molar-refractivity contribution >= 4 is 26.8 Å². The quantitative estimate of drug-likeness (QED) is 0.293. The summed E-state index contributed by atoms with van der Waals surface area (Å²) in [6.45, 7) is 1.04. The molecule has 1 aromatic heterocycles. The van der Waals surface area contributed by atoms with Crippen LogP contribution in [-0.2, 0) is 10.0 Å². The molecule has 9 heteroatoms. The SMILES string of the molecule is NC(=O)c1cc(-c2ccccc2)cc2c(C3CCN(S(=O)(=O)CCCOc4cccc(F)c4)CC3)c[nH]c12. The molecule has 0 saturated carbocycles. The molecule has 1 fully saturated rings. The highest BCUT2D eigenvalue weighted by Gasteiger charge is 2.30. The maximum atomic E-state index is 13.3. The van der Waals surface area contributed by atoms with Gasteiger partial charge in [-0.3, -0.25) is 4.79 Å². The summed E-state index contributed by atoms with van der Waals surface area (Å²) in [5, 5.41) is 0.941. The molecule has 0 atom stereocenters. The fraction of sp³-hybridized carbons (Fsp3) is 0.276. The lowest BCUT2D eigenvalue weighted by atomic mass is 9.88. The number of aromatic amines is 1. The summed E-state index contributed by atoms with van der Waals surface area (Å²) in [4.78, 5) is 15.5. The van der Waals surface area contributed by atoms with Gasteiger partial charge >= 0.3 is 0 Å². The lowest BCUT2D eigenvalue weighted by Crippen LogP contribution is -2.39. The van der Waals surface area contributed by atoms with Gasteiger partial charge in [0, 0.05) is 30.7 Å². The summed E-state index contributed by atoms with van der Waals surface area (Å²) in [5.41, 5.74) is 9.83. The number of benzene rings is 3. The first-order valence-electron chi connectivity index (χ1n) is 12.7. The van der Waals surface area contributed by atoms with Crippen LogP contribution in [0.2, 0.25) is 0 Å². The van der Waals surface area contributed by atoms with E-state index in [1.54, 1.807) is 16.4 Å². The Morgan fingerprint density at radius 1 is 1.03 bits per heavy atom. The van der Waals surface area contributed by atoms with Gasteiger partial charge in [0.2, 0.25) is 10.0 Å². The molecule has 1 amide bonds. The van der Waals surface area contributed by atoms with E-state index in [1.807, 2.05) is 42.6 Å². The number of nitrogens with two attached hydrogens (primary N) is 1. The largest absolute Gasteiger partial charge is 0.493 e. The minimum atomic E-state index is -3.43. The summed E-state index contributed by atoms with van der Waals surface area (Å²) in [6, 6.07) is 19.5. The Labute approximate surface area is 221 Å². The van der Waals surface area contributed by atoms with Gasteiger partial charge in [-0.05, 0) is 66.1 Å². The summed E-state index contributed by atoms with van der Waals surface area (Å²) >= 11 is 0. The van der Waals surface area contributed by atoms with Crippen molar-refractivity contribution in [1.82, 2.24) is 9.29 Å². The van der Waals surface area contributed by atoms with Crippen LogP contribution >= 0.6 is 0 Å². The highest BCUT2D eigenvalue weighted by Crippen LogP contribution is 2.37. The van der Waals surface area contributed by atoms with Crippen LogP contribution in [0.1, 0.15) is 41.1 Å². The van der Waals surface area contributed by atoms with E-state index in [4.69, 9.17) is 10.5 Å². The van der Waals surface area contributed by atoms with E-state index in [0.29, 0.717) is 49.2 Å². The Hall–Kier alpha value is -3.69. The van der Waals surface area contributed by atoms with Crippen LogP contribution < -0.4 is 10.5 Å². The number of primary amides is 1. The lowest BCUT2D eigenvalue weighted by molar-refractivity contribution is 0.100. The zero-order valence-corrected chi connectivity index (χ0v) is 21.7. The van der Waals surface area contributed by atoms with Crippen LogP contribution in [0.4, 0.5) is 4.39 Å². The molecule has 0 aliphatic carbocycles. The number of aromatic nitrogens is 1. The third kappa shape index (κ3) is 5.58. The molecule has 198 valence electrons. The second-order valence-electron chi connectivity index (χ2n) is 9.57. The molecular weight excluding hydrogens is 505 g/mol.